The van der Waals surface area contributed by atoms with Crippen LogP contribution in [0.25, 0.3) is 0 Å². The van der Waals surface area contributed by atoms with E-state index in [0.717, 1.165) is 43.0 Å². The quantitative estimate of drug-likeness (QED) is 0.920. The highest BCUT2D eigenvalue weighted by atomic mass is 16.2. The molecule has 1 atom stereocenters. The minimum Gasteiger partial charge on any atom is -0.313 e. The third-order valence-electron chi connectivity index (χ3n) is 4.87. The molecule has 1 saturated heterocycles. The third-order valence-corrected chi connectivity index (χ3v) is 4.87. The molecule has 1 N–H and O–H groups in total. The molecule has 4 rings (SSSR count). The molecule has 2 aliphatic heterocycles. The van der Waals surface area contributed by atoms with Crippen LogP contribution in [-0.2, 0) is 17.8 Å². The van der Waals surface area contributed by atoms with Crippen molar-refractivity contribution >= 4 is 11.6 Å². The van der Waals surface area contributed by atoms with Crippen LogP contribution >= 0.6 is 0 Å². The molecule has 6 heteroatoms. The van der Waals surface area contributed by atoms with Gasteiger partial charge in [0.05, 0.1) is 17.6 Å². The summed E-state index contributed by atoms with van der Waals surface area (Å²) in [5.74, 6) is 0.484. The predicted molar refractivity (Wildman–Crippen MR) is 90.7 cm³/mol. The lowest BCUT2D eigenvalue weighted by molar-refractivity contribution is -0.117. The normalized spacial score (nSPS) is 21.1. The number of amides is 1. The van der Waals surface area contributed by atoms with Gasteiger partial charge in [-0.1, -0.05) is 18.2 Å². The van der Waals surface area contributed by atoms with Gasteiger partial charge in [0.2, 0.25) is 5.91 Å². The number of carbonyl (C=O) groups excluding carboxylic acids is 1. The lowest BCUT2D eigenvalue weighted by Crippen LogP contribution is -2.38. The summed E-state index contributed by atoms with van der Waals surface area (Å²) in [5.41, 5.74) is 2.60. The lowest BCUT2D eigenvalue weighted by Gasteiger charge is -2.29. The van der Waals surface area contributed by atoms with Crippen molar-refractivity contribution in [2.24, 2.45) is 5.92 Å². The van der Waals surface area contributed by atoms with Crippen LogP contribution in [0, 0.1) is 5.92 Å². The van der Waals surface area contributed by atoms with Gasteiger partial charge in [0.15, 0.2) is 0 Å². The second-order valence-corrected chi connectivity index (χ2v) is 6.55. The first-order valence-electron chi connectivity index (χ1n) is 8.34. The summed E-state index contributed by atoms with van der Waals surface area (Å²) in [6, 6.07) is 9.82. The molecule has 124 valence electrons. The molecule has 0 saturated carbocycles. The molecule has 1 aromatic heterocycles. The number of nitrogens with one attached hydrogen (secondary N) is 1. The van der Waals surface area contributed by atoms with Gasteiger partial charge in [0.25, 0.3) is 5.56 Å². The number of aromatic nitrogens is 2. The minimum absolute atomic E-state index is 0.0434. The van der Waals surface area contributed by atoms with Crippen LogP contribution in [0.1, 0.15) is 17.7 Å². The highest BCUT2D eigenvalue weighted by Crippen LogP contribution is 2.26. The Morgan fingerprint density at radius 1 is 1.21 bits per heavy atom. The fourth-order valence-corrected chi connectivity index (χ4v) is 3.69. The minimum atomic E-state index is -0.0434. The van der Waals surface area contributed by atoms with Crippen LogP contribution in [0.5, 0.6) is 0 Å². The van der Waals surface area contributed by atoms with Crippen LogP contribution in [0.15, 0.2) is 41.5 Å². The number of anilines is 1. The van der Waals surface area contributed by atoms with E-state index in [-0.39, 0.29) is 11.5 Å². The number of rotatable bonds is 3. The number of hydrogen-bond acceptors (Lipinski definition) is 4. The zero-order valence-electron chi connectivity index (χ0n) is 13.4. The number of H-pyrrole nitrogens is 1. The highest BCUT2D eigenvalue weighted by Gasteiger charge is 2.32. The molecule has 0 bridgehead atoms. The Hall–Kier alpha value is -2.47. The maximum atomic E-state index is 12.3. The summed E-state index contributed by atoms with van der Waals surface area (Å²) in [6.07, 6.45) is 2.84. The van der Waals surface area contributed by atoms with Crippen LogP contribution < -0.4 is 10.5 Å². The smallest absolute Gasteiger partial charge is 0.255 e. The van der Waals surface area contributed by atoms with Gasteiger partial charge in [0.1, 0.15) is 0 Å². The molecule has 0 aliphatic carbocycles. The molecule has 2 aliphatic rings. The average Bonchev–Trinajstić information content (AvgIpc) is 2.97. The molecular weight excluding hydrogens is 304 g/mol. The van der Waals surface area contributed by atoms with Crippen molar-refractivity contribution in [2.75, 3.05) is 24.5 Å². The fraction of sp³-hybridized carbons (Fsp3) is 0.389. The fourth-order valence-electron chi connectivity index (χ4n) is 3.69. The van der Waals surface area contributed by atoms with E-state index in [1.165, 1.54) is 6.33 Å². The van der Waals surface area contributed by atoms with E-state index >= 15 is 0 Å². The molecule has 24 heavy (non-hydrogen) atoms. The van der Waals surface area contributed by atoms with Crippen molar-refractivity contribution < 1.29 is 4.79 Å². The summed E-state index contributed by atoms with van der Waals surface area (Å²) < 4.78 is 0. The second kappa shape index (κ2) is 6.20. The van der Waals surface area contributed by atoms with Gasteiger partial charge in [0, 0.05) is 44.7 Å². The van der Waals surface area contributed by atoms with Gasteiger partial charge < -0.3 is 9.88 Å². The van der Waals surface area contributed by atoms with E-state index in [4.69, 9.17) is 0 Å². The molecule has 1 fully saturated rings. The van der Waals surface area contributed by atoms with E-state index < -0.39 is 0 Å². The Labute approximate surface area is 140 Å². The van der Waals surface area contributed by atoms with Gasteiger partial charge in [-0.2, -0.15) is 0 Å². The van der Waals surface area contributed by atoms with E-state index in [1.807, 2.05) is 35.2 Å². The van der Waals surface area contributed by atoms with Crippen molar-refractivity contribution in [3.05, 3.63) is 58.3 Å². The zero-order valence-corrected chi connectivity index (χ0v) is 13.4. The summed E-state index contributed by atoms with van der Waals surface area (Å²) >= 11 is 0. The number of para-hydroxylation sites is 1. The molecule has 0 unspecified atom stereocenters. The summed E-state index contributed by atoms with van der Waals surface area (Å²) in [6.45, 7) is 3.09. The van der Waals surface area contributed by atoms with E-state index in [9.17, 15) is 9.59 Å². The maximum absolute atomic E-state index is 12.3. The standard InChI is InChI=1S/C18H20N4O2/c23-17-8-13(10-22(17)14-4-2-1-3-5-14)9-21-7-6-16-15(11-21)18(24)20-12-19-16/h1-5,12-13H,6-11H2,(H,19,20,24)/t13-/m0/s1. The Morgan fingerprint density at radius 3 is 2.88 bits per heavy atom. The van der Waals surface area contributed by atoms with Crippen LogP contribution in [0.2, 0.25) is 0 Å². The lowest BCUT2D eigenvalue weighted by atomic mass is 10.0. The number of fused-ring (bicyclic) bond motifs is 1. The largest absolute Gasteiger partial charge is 0.313 e. The van der Waals surface area contributed by atoms with Crippen molar-refractivity contribution in [3.8, 4) is 0 Å². The van der Waals surface area contributed by atoms with Gasteiger partial charge >= 0.3 is 0 Å². The Bertz CT molecular complexity index is 802. The molecule has 1 amide bonds. The molecule has 6 nitrogen and oxygen atoms in total. The third kappa shape index (κ3) is 2.85. The predicted octanol–water partition coefficient (Wildman–Crippen LogP) is 1.18. The Kier molecular flexibility index (Phi) is 3.90. The molecule has 0 radical (unpaired) electrons. The van der Waals surface area contributed by atoms with Gasteiger partial charge in [-0.05, 0) is 18.1 Å². The summed E-state index contributed by atoms with van der Waals surface area (Å²) in [7, 11) is 0. The molecule has 2 aromatic rings. The van der Waals surface area contributed by atoms with Crippen molar-refractivity contribution in [1.82, 2.24) is 14.9 Å². The first-order valence-corrected chi connectivity index (χ1v) is 8.34. The van der Waals surface area contributed by atoms with Gasteiger partial charge in [-0.3, -0.25) is 14.5 Å². The van der Waals surface area contributed by atoms with Crippen LogP contribution in [-0.4, -0.2) is 40.4 Å². The van der Waals surface area contributed by atoms with Crippen LogP contribution in [0.4, 0.5) is 5.69 Å². The number of carbonyl (C=O) groups is 1. The molecule has 3 heterocycles. The number of aromatic amines is 1. The maximum Gasteiger partial charge on any atom is 0.255 e. The monoisotopic (exact) mass is 324 g/mol. The topological polar surface area (TPSA) is 69.3 Å². The van der Waals surface area contributed by atoms with E-state index in [1.54, 1.807) is 0 Å². The molecular formula is C18H20N4O2. The van der Waals surface area contributed by atoms with Crippen LogP contribution in [0.3, 0.4) is 0 Å². The summed E-state index contributed by atoms with van der Waals surface area (Å²) in [5, 5.41) is 0. The Balaban J connectivity index is 1.43. The Morgan fingerprint density at radius 2 is 2.04 bits per heavy atom. The number of nitrogens with zero attached hydrogens (tertiary/aromatic N) is 3. The summed E-state index contributed by atoms with van der Waals surface area (Å²) in [4.78, 5) is 35.3. The second-order valence-electron chi connectivity index (χ2n) is 6.55. The molecule has 0 spiro atoms. The van der Waals surface area contributed by atoms with Gasteiger partial charge in [-0.25, -0.2) is 4.98 Å². The van der Waals surface area contributed by atoms with Gasteiger partial charge in [-0.15, -0.1) is 0 Å². The van der Waals surface area contributed by atoms with Crippen molar-refractivity contribution in [2.45, 2.75) is 19.4 Å². The van der Waals surface area contributed by atoms with E-state index in [2.05, 4.69) is 14.9 Å². The SMILES string of the molecule is O=C1C[C@@H](CN2CCc3nc[nH]c(=O)c3C2)CN1c1ccccc1. The average molecular weight is 324 g/mol. The number of benzene rings is 1. The highest BCUT2D eigenvalue weighted by molar-refractivity contribution is 5.95. The van der Waals surface area contributed by atoms with E-state index in [0.29, 0.717) is 18.9 Å². The van der Waals surface area contributed by atoms with Crippen molar-refractivity contribution in [3.63, 3.8) is 0 Å². The first kappa shape index (κ1) is 15.1. The first-order chi connectivity index (χ1) is 11.7. The molecule has 1 aromatic carbocycles. The number of hydrogen-bond donors (Lipinski definition) is 1. The van der Waals surface area contributed by atoms with Crippen molar-refractivity contribution in [1.29, 1.82) is 0 Å². The zero-order chi connectivity index (χ0) is 16.5.